The van der Waals surface area contributed by atoms with Gasteiger partial charge in [-0.1, -0.05) is 18.2 Å². The number of carbonyl (C=O) groups excluding carboxylic acids is 1. The lowest BCUT2D eigenvalue weighted by atomic mass is 10.1. The second-order valence-corrected chi connectivity index (χ2v) is 4.56. The second-order valence-electron chi connectivity index (χ2n) is 4.56. The molecule has 0 atom stereocenters. The van der Waals surface area contributed by atoms with E-state index in [2.05, 4.69) is 15.2 Å². The average molecular weight is 267 g/mol. The van der Waals surface area contributed by atoms with Crippen LogP contribution in [-0.4, -0.2) is 21.5 Å². The molecule has 5 nitrogen and oxygen atoms in total. The van der Waals surface area contributed by atoms with Crippen LogP contribution in [0.25, 0.3) is 23.0 Å². The van der Waals surface area contributed by atoms with Crippen molar-refractivity contribution in [2.45, 2.75) is 13.8 Å². The highest BCUT2D eigenvalue weighted by molar-refractivity contribution is 5.82. The molecule has 0 saturated carbocycles. The number of hydrogen-bond donors (Lipinski definition) is 1. The fourth-order valence-electron chi connectivity index (χ4n) is 2.18. The fraction of sp³-hybridized carbons (Fsp3) is 0.133. The number of aromatic amines is 1. The lowest BCUT2D eigenvalue weighted by molar-refractivity contribution is 0.112. The molecule has 0 aliphatic rings. The standard InChI is InChI=1S/C15H13N3O2/c1-9-12(8-19)10(2)16-13(9)15-18-17-14(20-15)11-6-4-3-5-7-11/h3-8,16H,1-2H3. The van der Waals surface area contributed by atoms with Crippen LogP contribution in [0.1, 0.15) is 21.6 Å². The fourth-order valence-corrected chi connectivity index (χ4v) is 2.18. The molecule has 5 heteroatoms. The first-order valence-electron chi connectivity index (χ1n) is 6.24. The number of nitrogens with one attached hydrogen (secondary N) is 1. The van der Waals surface area contributed by atoms with Crippen LogP contribution in [0.4, 0.5) is 0 Å². The third-order valence-corrected chi connectivity index (χ3v) is 3.27. The SMILES string of the molecule is Cc1[nH]c(-c2nnc(-c3ccccc3)o2)c(C)c1C=O. The molecule has 0 aliphatic heterocycles. The summed E-state index contributed by atoms with van der Waals surface area (Å²) in [5.41, 5.74) is 3.81. The molecule has 2 aromatic heterocycles. The number of hydrogen-bond acceptors (Lipinski definition) is 4. The van der Waals surface area contributed by atoms with Gasteiger partial charge in [-0.25, -0.2) is 0 Å². The van der Waals surface area contributed by atoms with Crippen molar-refractivity contribution in [2.24, 2.45) is 0 Å². The highest BCUT2D eigenvalue weighted by atomic mass is 16.4. The van der Waals surface area contributed by atoms with Gasteiger partial charge < -0.3 is 9.40 Å². The smallest absolute Gasteiger partial charge is 0.264 e. The van der Waals surface area contributed by atoms with Gasteiger partial charge in [0.2, 0.25) is 5.89 Å². The molecular weight excluding hydrogens is 254 g/mol. The summed E-state index contributed by atoms with van der Waals surface area (Å²) in [7, 11) is 0. The molecule has 1 N–H and O–H groups in total. The van der Waals surface area contributed by atoms with E-state index in [0.717, 1.165) is 23.1 Å². The minimum absolute atomic E-state index is 0.387. The number of nitrogens with zero attached hydrogens (tertiary/aromatic N) is 2. The quantitative estimate of drug-likeness (QED) is 0.740. The Balaban J connectivity index is 2.05. The van der Waals surface area contributed by atoms with Crippen LogP contribution in [0.3, 0.4) is 0 Å². The molecule has 2 heterocycles. The van der Waals surface area contributed by atoms with Crippen molar-refractivity contribution in [3.05, 3.63) is 47.2 Å². The normalized spacial score (nSPS) is 10.7. The van der Waals surface area contributed by atoms with E-state index in [1.165, 1.54) is 0 Å². The molecule has 3 rings (SSSR count). The summed E-state index contributed by atoms with van der Waals surface area (Å²) < 4.78 is 5.68. The Hall–Kier alpha value is -2.69. The van der Waals surface area contributed by atoms with Crippen LogP contribution in [0, 0.1) is 13.8 Å². The number of aryl methyl sites for hydroxylation is 1. The summed E-state index contributed by atoms with van der Waals surface area (Å²) in [4.78, 5) is 14.2. The molecule has 0 fully saturated rings. The van der Waals surface area contributed by atoms with Gasteiger partial charge in [0.15, 0.2) is 6.29 Å². The number of rotatable bonds is 3. The third kappa shape index (κ3) is 1.93. The van der Waals surface area contributed by atoms with Gasteiger partial charge >= 0.3 is 0 Å². The molecule has 0 unspecified atom stereocenters. The van der Waals surface area contributed by atoms with E-state index in [9.17, 15) is 4.79 Å². The number of aldehydes is 1. The summed E-state index contributed by atoms with van der Waals surface area (Å²) in [5, 5.41) is 8.09. The first-order valence-corrected chi connectivity index (χ1v) is 6.24. The summed E-state index contributed by atoms with van der Waals surface area (Å²) in [6.45, 7) is 3.70. The van der Waals surface area contributed by atoms with Gasteiger partial charge in [0, 0.05) is 16.8 Å². The Morgan fingerprint density at radius 2 is 1.80 bits per heavy atom. The minimum Gasteiger partial charge on any atom is -0.415 e. The summed E-state index contributed by atoms with van der Waals surface area (Å²) >= 11 is 0. The van der Waals surface area contributed by atoms with E-state index >= 15 is 0 Å². The van der Waals surface area contributed by atoms with Crippen molar-refractivity contribution in [3.8, 4) is 23.0 Å². The number of H-pyrrole nitrogens is 1. The molecule has 0 amide bonds. The Kier molecular flexibility index (Phi) is 2.95. The maximum atomic E-state index is 11.0. The minimum atomic E-state index is 0.387. The van der Waals surface area contributed by atoms with E-state index in [1.807, 2.05) is 44.2 Å². The maximum Gasteiger partial charge on any atom is 0.264 e. The van der Waals surface area contributed by atoms with Crippen molar-refractivity contribution in [3.63, 3.8) is 0 Å². The van der Waals surface area contributed by atoms with E-state index in [4.69, 9.17) is 4.42 Å². The number of benzene rings is 1. The topological polar surface area (TPSA) is 71.8 Å². The number of aromatic nitrogens is 3. The zero-order chi connectivity index (χ0) is 14.1. The molecule has 100 valence electrons. The first kappa shape index (κ1) is 12.3. The summed E-state index contributed by atoms with van der Waals surface area (Å²) in [6, 6.07) is 9.55. The van der Waals surface area contributed by atoms with Gasteiger partial charge in [-0.3, -0.25) is 4.79 Å². The van der Waals surface area contributed by atoms with Gasteiger partial charge in [-0.05, 0) is 31.5 Å². The van der Waals surface area contributed by atoms with Crippen molar-refractivity contribution in [1.82, 2.24) is 15.2 Å². The van der Waals surface area contributed by atoms with Crippen LogP contribution in [0.2, 0.25) is 0 Å². The second kappa shape index (κ2) is 4.77. The zero-order valence-electron chi connectivity index (χ0n) is 11.2. The molecule has 0 radical (unpaired) electrons. The Morgan fingerprint density at radius 3 is 2.45 bits per heavy atom. The lowest BCUT2D eigenvalue weighted by Gasteiger charge is -1.94. The number of carbonyl (C=O) groups is 1. The summed E-state index contributed by atoms with van der Waals surface area (Å²) in [6.07, 6.45) is 0.832. The molecule has 0 spiro atoms. The lowest BCUT2D eigenvalue weighted by Crippen LogP contribution is -1.83. The highest BCUT2D eigenvalue weighted by Gasteiger charge is 2.17. The van der Waals surface area contributed by atoms with Gasteiger partial charge in [-0.15, -0.1) is 10.2 Å². The van der Waals surface area contributed by atoms with E-state index in [0.29, 0.717) is 23.0 Å². The van der Waals surface area contributed by atoms with Crippen LogP contribution in [0.5, 0.6) is 0 Å². The van der Waals surface area contributed by atoms with Crippen LogP contribution in [0.15, 0.2) is 34.7 Å². The van der Waals surface area contributed by atoms with Gasteiger partial charge in [0.1, 0.15) is 5.69 Å². The van der Waals surface area contributed by atoms with Gasteiger partial charge in [0.05, 0.1) is 0 Å². The zero-order valence-corrected chi connectivity index (χ0v) is 11.2. The maximum absolute atomic E-state index is 11.0. The van der Waals surface area contributed by atoms with E-state index in [-0.39, 0.29) is 0 Å². The monoisotopic (exact) mass is 267 g/mol. The Bertz CT molecular complexity index is 757. The van der Waals surface area contributed by atoms with Crippen LogP contribution < -0.4 is 0 Å². The van der Waals surface area contributed by atoms with Gasteiger partial charge in [-0.2, -0.15) is 0 Å². The van der Waals surface area contributed by atoms with Crippen LogP contribution >= 0.6 is 0 Å². The third-order valence-electron chi connectivity index (χ3n) is 3.27. The Labute approximate surface area is 115 Å². The molecule has 0 saturated heterocycles. The van der Waals surface area contributed by atoms with Crippen LogP contribution in [-0.2, 0) is 0 Å². The van der Waals surface area contributed by atoms with Crippen molar-refractivity contribution < 1.29 is 9.21 Å². The summed E-state index contributed by atoms with van der Waals surface area (Å²) in [5.74, 6) is 0.845. The largest absolute Gasteiger partial charge is 0.415 e. The molecule has 1 aromatic carbocycles. The van der Waals surface area contributed by atoms with Crippen molar-refractivity contribution >= 4 is 6.29 Å². The predicted molar refractivity (Wildman–Crippen MR) is 74.4 cm³/mol. The molecule has 3 aromatic rings. The molecule has 20 heavy (non-hydrogen) atoms. The molecular formula is C15H13N3O2. The molecule has 0 bridgehead atoms. The highest BCUT2D eigenvalue weighted by Crippen LogP contribution is 2.27. The van der Waals surface area contributed by atoms with Crippen molar-refractivity contribution in [2.75, 3.05) is 0 Å². The van der Waals surface area contributed by atoms with E-state index in [1.54, 1.807) is 0 Å². The average Bonchev–Trinajstić information content (AvgIpc) is 3.05. The van der Waals surface area contributed by atoms with Gasteiger partial charge in [0.25, 0.3) is 5.89 Å². The Morgan fingerprint density at radius 1 is 1.10 bits per heavy atom. The predicted octanol–water partition coefficient (Wildman–Crippen LogP) is 3.16. The first-order chi connectivity index (χ1) is 9.70. The van der Waals surface area contributed by atoms with E-state index < -0.39 is 0 Å². The molecule has 0 aliphatic carbocycles. The van der Waals surface area contributed by atoms with Crippen molar-refractivity contribution in [1.29, 1.82) is 0 Å².